The standard InChI is InChI=1S/C13H18N2O2S2/c1-3-5-6-7-8-9-14-12(16)11-10-15-13(18-11)19(17)4-2/h10H,3-5,8-9H2,1-2H3,(H,14,16). The summed E-state index contributed by atoms with van der Waals surface area (Å²) in [5.74, 6) is 6.37. The highest BCUT2D eigenvalue weighted by Gasteiger charge is 2.12. The van der Waals surface area contributed by atoms with Crippen molar-refractivity contribution >= 4 is 28.0 Å². The van der Waals surface area contributed by atoms with E-state index >= 15 is 0 Å². The van der Waals surface area contributed by atoms with Gasteiger partial charge in [0.25, 0.3) is 5.91 Å². The van der Waals surface area contributed by atoms with Gasteiger partial charge in [-0.2, -0.15) is 0 Å². The van der Waals surface area contributed by atoms with E-state index in [9.17, 15) is 9.00 Å². The Hall–Kier alpha value is -1.19. The zero-order valence-corrected chi connectivity index (χ0v) is 12.8. The fourth-order valence-electron chi connectivity index (χ4n) is 1.22. The van der Waals surface area contributed by atoms with Crippen molar-refractivity contribution in [1.82, 2.24) is 10.3 Å². The van der Waals surface area contributed by atoms with Crippen molar-refractivity contribution in [3.05, 3.63) is 11.1 Å². The zero-order chi connectivity index (χ0) is 14.1. The van der Waals surface area contributed by atoms with Gasteiger partial charge in [-0.3, -0.25) is 9.00 Å². The maximum Gasteiger partial charge on any atom is 0.263 e. The van der Waals surface area contributed by atoms with E-state index in [4.69, 9.17) is 0 Å². The number of carbonyl (C=O) groups excluding carboxylic acids is 1. The first-order chi connectivity index (χ1) is 9.19. The molecule has 0 aromatic carbocycles. The number of hydrogen-bond donors (Lipinski definition) is 1. The van der Waals surface area contributed by atoms with Crippen LogP contribution < -0.4 is 5.32 Å². The third kappa shape index (κ3) is 5.53. The number of carbonyl (C=O) groups is 1. The van der Waals surface area contributed by atoms with Gasteiger partial charge in [0.2, 0.25) is 0 Å². The summed E-state index contributed by atoms with van der Waals surface area (Å²) in [5.41, 5.74) is 0. The van der Waals surface area contributed by atoms with Crippen LogP contribution in [-0.2, 0) is 10.8 Å². The van der Waals surface area contributed by atoms with Crippen molar-refractivity contribution in [2.24, 2.45) is 0 Å². The van der Waals surface area contributed by atoms with Gasteiger partial charge in [-0.1, -0.05) is 13.8 Å². The number of rotatable bonds is 6. The molecule has 0 spiro atoms. The van der Waals surface area contributed by atoms with Crippen LogP contribution in [-0.4, -0.2) is 27.4 Å². The van der Waals surface area contributed by atoms with E-state index in [0.29, 0.717) is 27.9 Å². The molecule has 1 unspecified atom stereocenters. The lowest BCUT2D eigenvalue weighted by atomic mass is 10.3. The Labute approximate surface area is 120 Å². The van der Waals surface area contributed by atoms with Crippen molar-refractivity contribution < 1.29 is 9.00 Å². The Bertz CT molecular complexity index is 500. The highest BCUT2D eigenvalue weighted by molar-refractivity contribution is 7.87. The molecule has 0 aliphatic heterocycles. The lowest BCUT2D eigenvalue weighted by molar-refractivity contribution is 0.0958. The van der Waals surface area contributed by atoms with Crippen LogP contribution in [0.4, 0.5) is 0 Å². The van der Waals surface area contributed by atoms with Gasteiger partial charge in [0, 0.05) is 25.1 Å². The van der Waals surface area contributed by atoms with Crippen LogP contribution in [0.3, 0.4) is 0 Å². The van der Waals surface area contributed by atoms with Crippen molar-refractivity contribution in [1.29, 1.82) is 0 Å². The van der Waals surface area contributed by atoms with Gasteiger partial charge in [0.1, 0.15) is 4.88 Å². The number of unbranched alkanes of at least 4 members (excludes halogenated alkanes) is 1. The summed E-state index contributed by atoms with van der Waals surface area (Å²) in [6.07, 6.45) is 4.08. The SMILES string of the molecule is CCCC#CCCNC(=O)c1cnc(S(=O)CC)s1. The first-order valence-electron chi connectivity index (χ1n) is 6.27. The number of amides is 1. The smallest absolute Gasteiger partial charge is 0.263 e. The first kappa shape index (κ1) is 15.9. The second-order valence-corrected chi connectivity index (χ2v) is 6.68. The van der Waals surface area contributed by atoms with Crippen molar-refractivity contribution in [2.45, 2.75) is 37.4 Å². The van der Waals surface area contributed by atoms with Gasteiger partial charge >= 0.3 is 0 Å². The van der Waals surface area contributed by atoms with E-state index < -0.39 is 10.8 Å². The summed E-state index contributed by atoms with van der Waals surface area (Å²) in [6, 6.07) is 0. The quantitative estimate of drug-likeness (QED) is 0.647. The molecule has 104 valence electrons. The van der Waals surface area contributed by atoms with E-state index in [1.54, 1.807) is 0 Å². The molecule has 0 radical (unpaired) electrons. The average molecular weight is 298 g/mol. The molecule has 0 saturated heterocycles. The number of nitrogens with one attached hydrogen (secondary N) is 1. The zero-order valence-electron chi connectivity index (χ0n) is 11.2. The molecular weight excluding hydrogens is 280 g/mol. The molecule has 19 heavy (non-hydrogen) atoms. The van der Waals surface area contributed by atoms with Gasteiger partial charge in [0.15, 0.2) is 4.34 Å². The third-order valence-electron chi connectivity index (χ3n) is 2.20. The van der Waals surface area contributed by atoms with Crippen molar-refractivity contribution in [2.75, 3.05) is 12.3 Å². The van der Waals surface area contributed by atoms with E-state index in [1.165, 1.54) is 17.5 Å². The van der Waals surface area contributed by atoms with Crippen molar-refractivity contribution in [3.63, 3.8) is 0 Å². The van der Waals surface area contributed by atoms with Crippen LogP contribution in [0.15, 0.2) is 10.5 Å². The largest absolute Gasteiger partial charge is 0.350 e. The summed E-state index contributed by atoms with van der Waals surface area (Å²) in [7, 11) is -1.09. The van der Waals surface area contributed by atoms with Crippen LogP contribution in [0.2, 0.25) is 0 Å². The lowest BCUT2D eigenvalue weighted by Gasteiger charge is -1.98. The van der Waals surface area contributed by atoms with Crippen molar-refractivity contribution in [3.8, 4) is 11.8 Å². The Morgan fingerprint density at radius 1 is 1.42 bits per heavy atom. The highest BCUT2D eigenvalue weighted by atomic mass is 32.2. The molecule has 0 fully saturated rings. The van der Waals surface area contributed by atoms with Gasteiger partial charge in [0.05, 0.1) is 17.0 Å². The topological polar surface area (TPSA) is 59.1 Å². The average Bonchev–Trinajstić information content (AvgIpc) is 2.91. The summed E-state index contributed by atoms with van der Waals surface area (Å²) in [4.78, 5) is 16.3. The fourth-order valence-corrected chi connectivity index (χ4v) is 3.19. The molecule has 1 aromatic rings. The van der Waals surface area contributed by atoms with Gasteiger partial charge in [-0.05, 0) is 6.42 Å². The monoisotopic (exact) mass is 298 g/mol. The minimum atomic E-state index is -1.09. The second kappa shape index (κ2) is 8.83. The molecular formula is C13H18N2O2S2. The molecule has 4 nitrogen and oxygen atoms in total. The predicted molar refractivity (Wildman–Crippen MR) is 78.7 cm³/mol. The molecule has 1 amide bonds. The Morgan fingerprint density at radius 2 is 2.16 bits per heavy atom. The van der Waals surface area contributed by atoms with E-state index in [1.807, 2.05) is 6.92 Å². The van der Waals surface area contributed by atoms with Crippen LogP contribution in [0.25, 0.3) is 0 Å². The molecule has 0 saturated carbocycles. The van der Waals surface area contributed by atoms with Crippen LogP contribution >= 0.6 is 11.3 Å². The number of hydrogen-bond acceptors (Lipinski definition) is 4. The Balaban J connectivity index is 2.40. The Kier molecular flexibility index (Phi) is 7.38. The summed E-state index contributed by atoms with van der Waals surface area (Å²) in [5, 5.41) is 2.78. The van der Waals surface area contributed by atoms with Crippen LogP contribution in [0, 0.1) is 11.8 Å². The Morgan fingerprint density at radius 3 is 2.84 bits per heavy atom. The maximum atomic E-state index is 11.8. The number of nitrogens with zero attached hydrogens (tertiary/aromatic N) is 1. The molecule has 1 rings (SSSR count). The van der Waals surface area contributed by atoms with Crippen LogP contribution in [0.5, 0.6) is 0 Å². The molecule has 6 heteroatoms. The summed E-state index contributed by atoms with van der Waals surface area (Å²) < 4.78 is 12.0. The molecule has 0 aliphatic carbocycles. The molecule has 0 bridgehead atoms. The number of thiazole rings is 1. The van der Waals surface area contributed by atoms with Crippen LogP contribution in [0.1, 0.15) is 42.8 Å². The normalized spacial score (nSPS) is 11.5. The predicted octanol–water partition coefficient (Wildman–Crippen LogP) is 2.19. The minimum absolute atomic E-state index is 0.172. The van der Waals surface area contributed by atoms with Gasteiger partial charge < -0.3 is 5.32 Å². The van der Waals surface area contributed by atoms with E-state index in [0.717, 1.165) is 12.8 Å². The third-order valence-corrected chi connectivity index (χ3v) is 4.82. The molecule has 1 heterocycles. The van der Waals surface area contributed by atoms with Gasteiger partial charge in [-0.15, -0.1) is 23.2 Å². The van der Waals surface area contributed by atoms with E-state index in [-0.39, 0.29) is 5.91 Å². The summed E-state index contributed by atoms with van der Waals surface area (Å²) in [6.45, 7) is 4.43. The summed E-state index contributed by atoms with van der Waals surface area (Å²) >= 11 is 1.19. The molecule has 1 atom stereocenters. The second-order valence-electron chi connectivity index (χ2n) is 3.73. The first-order valence-corrected chi connectivity index (χ1v) is 8.40. The molecule has 1 N–H and O–H groups in total. The molecule has 1 aromatic heterocycles. The maximum absolute atomic E-state index is 11.8. The molecule has 0 aliphatic rings. The lowest BCUT2D eigenvalue weighted by Crippen LogP contribution is -2.23. The minimum Gasteiger partial charge on any atom is -0.350 e. The highest BCUT2D eigenvalue weighted by Crippen LogP contribution is 2.16. The van der Waals surface area contributed by atoms with E-state index in [2.05, 4.69) is 29.1 Å². The fraction of sp³-hybridized carbons (Fsp3) is 0.538. The number of aromatic nitrogens is 1. The van der Waals surface area contributed by atoms with Gasteiger partial charge in [-0.25, -0.2) is 4.98 Å².